The minimum absolute atomic E-state index is 0.0330. The van der Waals surface area contributed by atoms with E-state index in [1.807, 2.05) is 31.2 Å². The zero-order valence-corrected chi connectivity index (χ0v) is 15.8. The monoisotopic (exact) mass is 384 g/mol. The SMILES string of the molecule is CCc1noc(CCNC(=O)N2CCC3(CC2)Nc2ccccc2NC3=O)n1. The van der Waals surface area contributed by atoms with Gasteiger partial charge in [0, 0.05) is 32.5 Å². The molecule has 1 saturated heterocycles. The third kappa shape index (κ3) is 3.51. The minimum Gasteiger partial charge on any atom is -0.369 e. The molecule has 0 radical (unpaired) electrons. The summed E-state index contributed by atoms with van der Waals surface area (Å²) >= 11 is 0. The van der Waals surface area contributed by atoms with Crippen LogP contribution in [-0.4, -0.2) is 52.2 Å². The van der Waals surface area contributed by atoms with Crippen LogP contribution < -0.4 is 16.0 Å². The molecular formula is C19H24N6O3. The number of rotatable bonds is 4. The number of piperidine rings is 1. The summed E-state index contributed by atoms with van der Waals surface area (Å²) in [5, 5.41) is 13.1. The molecule has 0 aliphatic carbocycles. The second kappa shape index (κ2) is 7.49. The molecule has 0 unspecified atom stereocenters. The van der Waals surface area contributed by atoms with Crippen LogP contribution in [0.5, 0.6) is 0 Å². The number of hydrogen-bond acceptors (Lipinski definition) is 6. The number of benzene rings is 1. The predicted molar refractivity (Wildman–Crippen MR) is 103 cm³/mol. The van der Waals surface area contributed by atoms with Gasteiger partial charge in [-0.2, -0.15) is 4.98 Å². The molecule has 1 spiro atoms. The first-order chi connectivity index (χ1) is 13.6. The second-order valence-electron chi connectivity index (χ2n) is 7.13. The lowest BCUT2D eigenvalue weighted by Crippen LogP contribution is -2.60. The molecule has 1 fully saturated rings. The van der Waals surface area contributed by atoms with Crippen LogP contribution in [0.3, 0.4) is 0 Å². The Bertz CT molecular complexity index is 872. The van der Waals surface area contributed by atoms with Gasteiger partial charge in [-0.15, -0.1) is 0 Å². The van der Waals surface area contributed by atoms with E-state index in [0.29, 0.717) is 50.6 Å². The van der Waals surface area contributed by atoms with Crippen molar-refractivity contribution in [2.24, 2.45) is 0 Å². The van der Waals surface area contributed by atoms with Gasteiger partial charge >= 0.3 is 6.03 Å². The molecule has 1 aromatic heterocycles. The highest BCUT2D eigenvalue weighted by Crippen LogP contribution is 2.36. The quantitative estimate of drug-likeness (QED) is 0.741. The van der Waals surface area contributed by atoms with E-state index >= 15 is 0 Å². The van der Waals surface area contributed by atoms with Gasteiger partial charge in [0.25, 0.3) is 0 Å². The van der Waals surface area contributed by atoms with Crippen molar-refractivity contribution in [1.29, 1.82) is 0 Å². The Morgan fingerprint density at radius 1 is 1.29 bits per heavy atom. The molecular weight excluding hydrogens is 360 g/mol. The Labute approximate surface area is 162 Å². The maximum atomic E-state index is 12.7. The fraction of sp³-hybridized carbons (Fsp3) is 0.474. The normalized spacial score (nSPS) is 17.6. The Balaban J connectivity index is 1.29. The van der Waals surface area contributed by atoms with E-state index in [1.54, 1.807) is 4.90 Å². The number of aromatic nitrogens is 2. The number of anilines is 2. The number of urea groups is 1. The molecule has 9 heteroatoms. The number of hydrogen-bond donors (Lipinski definition) is 3. The van der Waals surface area contributed by atoms with Crippen molar-refractivity contribution in [3.05, 3.63) is 36.0 Å². The standard InChI is InChI=1S/C19H24N6O3/c1-2-15-22-16(28-24-15)7-10-20-18(27)25-11-8-19(9-12-25)17(26)21-13-5-3-4-6-14(13)23-19/h3-6,23H,2,7-12H2,1H3,(H,20,27)(H,21,26). The first kappa shape index (κ1) is 18.3. The summed E-state index contributed by atoms with van der Waals surface area (Å²) < 4.78 is 5.12. The Kier molecular flexibility index (Phi) is 4.89. The summed E-state index contributed by atoms with van der Waals surface area (Å²) in [5.41, 5.74) is 1.06. The Morgan fingerprint density at radius 2 is 2.04 bits per heavy atom. The third-order valence-corrected chi connectivity index (χ3v) is 5.33. The van der Waals surface area contributed by atoms with Crippen molar-refractivity contribution >= 4 is 23.3 Å². The van der Waals surface area contributed by atoms with Crippen molar-refractivity contribution in [1.82, 2.24) is 20.4 Å². The van der Waals surface area contributed by atoms with Crippen molar-refractivity contribution in [3.63, 3.8) is 0 Å². The van der Waals surface area contributed by atoms with Crippen molar-refractivity contribution in [2.45, 2.75) is 38.1 Å². The Morgan fingerprint density at radius 3 is 2.75 bits per heavy atom. The molecule has 3 heterocycles. The van der Waals surface area contributed by atoms with Crippen LogP contribution >= 0.6 is 0 Å². The number of aryl methyl sites for hydroxylation is 1. The molecule has 2 aliphatic heterocycles. The van der Waals surface area contributed by atoms with E-state index in [4.69, 9.17) is 4.52 Å². The molecule has 0 bridgehead atoms. The number of nitrogens with one attached hydrogen (secondary N) is 3. The first-order valence-corrected chi connectivity index (χ1v) is 9.62. The van der Waals surface area contributed by atoms with E-state index in [-0.39, 0.29) is 11.9 Å². The van der Waals surface area contributed by atoms with E-state index in [1.165, 1.54) is 0 Å². The molecule has 148 valence electrons. The van der Waals surface area contributed by atoms with Gasteiger partial charge in [-0.3, -0.25) is 4.79 Å². The topological polar surface area (TPSA) is 112 Å². The van der Waals surface area contributed by atoms with Gasteiger partial charge in [-0.1, -0.05) is 24.2 Å². The van der Waals surface area contributed by atoms with E-state index in [2.05, 4.69) is 26.1 Å². The number of likely N-dealkylation sites (tertiary alicyclic amines) is 1. The molecule has 0 atom stereocenters. The smallest absolute Gasteiger partial charge is 0.317 e. The molecule has 2 aromatic rings. The largest absolute Gasteiger partial charge is 0.369 e. The van der Waals surface area contributed by atoms with Crippen LogP contribution in [0.15, 0.2) is 28.8 Å². The number of amides is 3. The maximum absolute atomic E-state index is 12.7. The number of fused-ring (bicyclic) bond motifs is 1. The van der Waals surface area contributed by atoms with Crippen molar-refractivity contribution in [2.75, 3.05) is 30.3 Å². The molecule has 2 aliphatic rings. The minimum atomic E-state index is -0.661. The summed E-state index contributed by atoms with van der Waals surface area (Å²) in [6, 6.07) is 7.52. The number of nitrogens with zero attached hydrogens (tertiary/aromatic N) is 3. The van der Waals surface area contributed by atoms with Crippen LogP contribution in [0.1, 0.15) is 31.5 Å². The molecule has 0 saturated carbocycles. The summed E-state index contributed by atoms with van der Waals surface area (Å²) in [4.78, 5) is 31.0. The lowest BCUT2D eigenvalue weighted by molar-refractivity contribution is -0.121. The van der Waals surface area contributed by atoms with E-state index in [9.17, 15) is 9.59 Å². The van der Waals surface area contributed by atoms with Gasteiger partial charge in [0.2, 0.25) is 11.8 Å². The van der Waals surface area contributed by atoms with Crippen molar-refractivity contribution in [3.8, 4) is 0 Å². The lowest BCUT2D eigenvalue weighted by Gasteiger charge is -2.44. The van der Waals surface area contributed by atoms with Gasteiger partial charge in [0.1, 0.15) is 5.54 Å². The number of para-hydroxylation sites is 2. The molecule has 9 nitrogen and oxygen atoms in total. The summed E-state index contributed by atoms with van der Waals surface area (Å²) in [6.45, 7) is 3.40. The summed E-state index contributed by atoms with van der Waals surface area (Å²) in [5.74, 6) is 1.16. The van der Waals surface area contributed by atoms with Crippen LogP contribution in [-0.2, 0) is 17.6 Å². The highest BCUT2D eigenvalue weighted by Gasteiger charge is 2.44. The van der Waals surface area contributed by atoms with E-state index in [0.717, 1.165) is 17.8 Å². The molecule has 3 amide bonds. The Hall–Kier alpha value is -3.10. The fourth-order valence-corrected chi connectivity index (χ4v) is 3.62. The lowest BCUT2D eigenvalue weighted by atomic mass is 9.84. The van der Waals surface area contributed by atoms with Crippen LogP contribution in [0.25, 0.3) is 0 Å². The van der Waals surface area contributed by atoms with Gasteiger partial charge in [-0.05, 0) is 25.0 Å². The van der Waals surface area contributed by atoms with Gasteiger partial charge in [0.15, 0.2) is 5.82 Å². The first-order valence-electron chi connectivity index (χ1n) is 9.62. The summed E-state index contributed by atoms with van der Waals surface area (Å²) in [7, 11) is 0. The molecule has 4 rings (SSSR count). The number of carbonyl (C=O) groups is 2. The average molecular weight is 384 g/mol. The molecule has 3 N–H and O–H groups in total. The zero-order chi connectivity index (χ0) is 19.6. The van der Waals surface area contributed by atoms with Crippen LogP contribution in [0.4, 0.5) is 16.2 Å². The highest BCUT2D eigenvalue weighted by atomic mass is 16.5. The number of carbonyl (C=O) groups excluding carboxylic acids is 2. The molecule has 28 heavy (non-hydrogen) atoms. The summed E-state index contributed by atoms with van der Waals surface area (Å²) in [6.07, 6.45) is 2.34. The zero-order valence-electron chi connectivity index (χ0n) is 15.8. The van der Waals surface area contributed by atoms with Gasteiger partial charge < -0.3 is 25.4 Å². The highest BCUT2D eigenvalue weighted by molar-refractivity contribution is 6.06. The van der Waals surface area contributed by atoms with Crippen molar-refractivity contribution < 1.29 is 14.1 Å². The van der Waals surface area contributed by atoms with Crippen LogP contribution in [0, 0.1) is 0 Å². The van der Waals surface area contributed by atoms with Gasteiger partial charge in [-0.25, -0.2) is 4.79 Å². The third-order valence-electron chi connectivity index (χ3n) is 5.33. The van der Waals surface area contributed by atoms with Gasteiger partial charge in [0.05, 0.1) is 11.4 Å². The predicted octanol–water partition coefficient (Wildman–Crippen LogP) is 1.78. The van der Waals surface area contributed by atoms with Crippen LogP contribution in [0.2, 0.25) is 0 Å². The fourth-order valence-electron chi connectivity index (χ4n) is 3.62. The molecule has 1 aromatic carbocycles. The second-order valence-corrected chi connectivity index (χ2v) is 7.13. The average Bonchev–Trinajstić information content (AvgIpc) is 3.17. The maximum Gasteiger partial charge on any atom is 0.317 e. The van der Waals surface area contributed by atoms with E-state index < -0.39 is 5.54 Å².